The Morgan fingerprint density at radius 3 is 2.86 bits per heavy atom. The van der Waals surface area contributed by atoms with Gasteiger partial charge in [-0.3, -0.25) is 4.79 Å². The summed E-state index contributed by atoms with van der Waals surface area (Å²) in [6, 6.07) is -1.71. The fourth-order valence-corrected chi connectivity index (χ4v) is 3.68. The Bertz CT molecular complexity index is 509. The van der Waals surface area contributed by atoms with Gasteiger partial charge in [-0.25, -0.2) is 4.98 Å². The molecule has 1 aliphatic heterocycles. The number of ether oxygens (including phenoxy) is 1. The van der Waals surface area contributed by atoms with Crippen LogP contribution in [0, 0.1) is 5.92 Å². The van der Waals surface area contributed by atoms with Crippen LogP contribution in [0.1, 0.15) is 19.8 Å². The van der Waals surface area contributed by atoms with Crippen molar-refractivity contribution in [1.82, 2.24) is 4.98 Å². The lowest BCUT2D eigenvalue weighted by Gasteiger charge is -2.39. The second-order valence-corrected chi connectivity index (χ2v) is 6.33. The summed E-state index contributed by atoms with van der Waals surface area (Å²) in [7, 11) is 0. The molecule has 0 saturated carbocycles. The van der Waals surface area contributed by atoms with Crippen LogP contribution in [0.3, 0.4) is 0 Å². The topological polar surface area (TPSA) is 42.4 Å². The Kier molecular flexibility index (Phi) is 5.13. The summed E-state index contributed by atoms with van der Waals surface area (Å²) in [4.78, 5) is 17.0. The highest BCUT2D eigenvalue weighted by Crippen LogP contribution is 2.39. The minimum atomic E-state index is -4.41. The van der Waals surface area contributed by atoms with Gasteiger partial charge in [0.1, 0.15) is 10.6 Å². The molecule has 1 aromatic rings. The molecule has 1 saturated heterocycles. The van der Waals surface area contributed by atoms with Crippen molar-refractivity contribution in [2.75, 3.05) is 18.1 Å². The first-order valence-corrected chi connectivity index (χ1v) is 8.11. The number of piperidine rings is 1. The molecule has 118 valence electrons. The molecule has 0 N–H and O–H groups in total. The maximum atomic E-state index is 13.3. The van der Waals surface area contributed by atoms with Crippen molar-refractivity contribution in [1.29, 1.82) is 0 Å². The lowest BCUT2D eigenvalue weighted by molar-refractivity contribution is -0.164. The number of halogens is 4. The van der Waals surface area contributed by atoms with E-state index in [2.05, 4.69) is 20.9 Å². The van der Waals surface area contributed by atoms with Gasteiger partial charge in [-0.2, -0.15) is 13.2 Å². The number of alkyl halides is 3. The Morgan fingerprint density at radius 1 is 1.62 bits per heavy atom. The fraction of sp³-hybridized carbons (Fsp3) is 0.667. The number of esters is 1. The smallest absolute Gasteiger partial charge is 0.408 e. The molecule has 4 nitrogen and oxygen atoms in total. The molecule has 0 amide bonds. The van der Waals surface area contributed by atoms with Crippen LogP contribution < -0.4 is 4.90 Å². The molecule has 0 unspecified atom stereocenters. The average molecular weight is 387 g/mol. The Morgan fingerprint density at radius 2 is 2.33 bits per heavy atom. The molecule has 2 rings (SSSR count). The number of carbonyl (C=O) groups is 1. The summed E-state index contributed by atoms with van der Waals surface area (Å²) in [6.45, 7) is 1.95. The van der Waals surface area contributed by atoms with E-state index in [0.717, 1.165) is 11.3 Å². The van der Waals surface area contributed by atoms with Gasteiger partial charge in [0.25, 0.3) is 0 Å². The predicted molar refractivity (Wildman–Crippen MR) is 76.4 cm³/mol. The second-order valence-electron chi connectivity index (χ2n) is 4.68. The summed E-state index contributed by atoms with van der Waals surface area (Å²) >= 11 is 4.29. The Balaban J connectivity index is 2.18. The van der Waals surface area contributed by atoms with Crippen molar-refractivity contribution in [2.45, 2.75) is 32.0 Å². The Labute approximate surface area is 132 Å². The third-order valence-corrected chi connectivity index (χ3v) is 4.90. The van der Waals surface area contributed by atoms with Gasteiger partial charge in [0.2, 0.25) is 0 Å². The van der Waals surface area contributed by atoms with E-state index in [4.69, 9.17) is 4.74 Å². The van der Waals surface area contributed by atoms with E-state index in [-0.39, 0.29) is 19.6 Å². The molecule has 1 aromatic heterocycles. The number of nitrogens with zero attached hydrogens (tertiary/aromatic N) is 2. The van der Waals surface area contributed by atoms with Gasteiger partial charge < -0.3 is 9.64 Å². The van der Waals surface area contributed by atoms with Gasteiger partial charge in [-0.15, -0.1) is 11.3 Å². The summed E-state index contributed by atoms with van der Waals surface area (Å²) in [5.41, 5.74) is 0. The molecule has 2 heterocycles. The van der Waals surface area contributed by atoms with Crippen LogP contribution in [-0.4, -0.2) is 36.3 Å². The molecule has 21 heavy (non-hydrogen) atoms. The number of anilines is 1. The second kappa shape index (κ2) is 6.51. The van der Waals surface area contributed by atoms with Gasteiger partial charge in [0, 0.05) is 11.9 Å². The molecule has 0 aliphatic carbocycles. The quantitative estimate of drug-likeness (QED) is 0.744. The maximum Gasteiger partial charge on any atom is 0.408 e. The van der Waals surface area contributed by atoms with Crippen LogP contribution in [0.15, 0.2) is 9.98 Å². The first-order chi connectivity index (χ1) is 9.82. The number of thiazole rings is 1. The van der Waals surface area contributed by atoms with E-state index in [1.54, 1.807) is 12.3 Å². The molecular formula is C12H14BrF3N2O2S. The lowest BCUT2D eigenvalue weighted by atomic mass is 9.91. The first kappa shape index (κ1) is 16.5. The fourth-order valence-electron chi connectivity index (χ4n) is 2.36. The zero-order valence-corrected chi connectivity index (χ0v) is 13.6. The van der Waals surface area contributed by atoms with Crippen molar-refractivity contribution in [3.8, 4) is 0 Å². The summed E-state index contributed by atoms with van der Waals surface area (Å²) in [5, 5.41) is 1.95. The number of hydrogen-bond acceptors (Lipinski definition) is 5. The van der Waals surface area contributed by atoms with Crippen LogP contribution in [0.4, 0.5) is 18.3 Å². The number of hydrogen-bond donors (Lipinski definition) is 0. The predicted octanol–water partition coefficient (Wildman–Crippen LogP) is 3.62. The SMILES string of the molecule is CCOC(=O)[C@@H]1CCN(c2nc(Br)cs2)[C@H](C(F)(F)F)C1. The van der Waals surface area contributed by atoms with E-state index < -0.39 is 24.1 Å². The van der Waals surface area contributed by atoms with E-state index in [0.29, 0.717) is 16.2 Å². The summed E-state index contributed by atoms with van der Waals surface area (Å²) in [6.07, 6.45) is -4.37. The van der Waals surface area contributed by atoms with Gasteiger partial charge in [-0.05, 0) is 35.7 Å². The number of carbonyl (C=O) groups excluding carboxylic acids is 1. The largest absolute Gasteiger partial charge is 0.466 e. The van der Waals surface area contributed by atoms with Gasteiger partial charge in [-0.1, -0.05) is 0 Å². The zero-order chi connectivity index (χ0) is 15.6. The number of rotatable bonds is 3. The molecule has 9 heteroatoms. The van der Waals surface area contributed by atoms with Gasteiger partial charge in [0.05, 0.1) is 12.5 Å². The van der Waals surface area contributed by atoms with Crippen molar-refractivity contribution < 1.29 is 22.7 Å². The van der Waals surface area contributed by atoms with E-state index in [1.165, 1.54) is 4.90 Å². The van der Waals surface area contributed by atoms with E-state index in [1.807, 2.05) is 0 Å². The maximum absolute atomic E-state index is 13.3. The molecule has 0 radical (unpaired) electrons. The molecule has 1 fully saturated rings. The minimum Gasteiger partial charge on any atom is -0.466 e. The Hall–Kier alpha value is -0.830. The molecule has 2 atom stereocenters. The standard InChI is InChI=1S/C12H14BrF3N2O2S/c1-2-20-10(19)7-3-4-18(8(5-7)12(14,15)16)11-17-9(13)6-21-11/h6-8H,2-5H2,1H3/t7-,8+/m1/s1. The minimum absolute atomic E-state index is 0.133. The highest BCUT2D eigenvalue weighted by Gasteiger charge is 2.49. The molecule has 0 spiro atoms. The van der Waals surface area contributed by atoms with Crippen molar-refractivity contribution >= 4 is 38.4 Å². The monoisotopic (exact) mass is 386 g/mol. The number of aromatic nitrogens is 1. The lowest BCUT2D eigenvalue weighted by Crippen LogP contribution is -2.52. The van der Waals surface area contributed by atoms with Crippen molar-refractivity contribution in [3.63, 3.8) is 0 Å². The molecule has 0 bridgehead atoms. The van der Waals surface area contributed by atoms with Crippen LogP contribution in [0.2, 0.25) is 0 Å². The molecule has 1 aliphatic rings. The third kappa shape index (κ3) is 3.88. The zero-order valence-electron chi connectivity index (χ0n) is 11.2. The molecule has 0 aromatic carbocycles. The van der Waals surface area contributed by atoms with E-state index >= 15 is 0 Å². The third-order valence-electron chi connectivity index (χ3n) is 3.31. The van der Waals surface area contributed by atoms with Crippen molar-refractivity contribution in [2.24, 2.45) is 5.92 Å². The van der Waals surface area contributed by atoms with Crippen LogP contribution in [0.5, 0.6) is 0 Å². The van der Waals surface area contributed by atoms with Crippen LogP contribution >= 0.6 is 27.3 Å². The summed E-state index contributed by atoms with van der Waals surface area (Å²) in [5.74, 6) is -1.26. The average Bonchev–Trinajstić information content (AvgIpc) is 2.84. The highest BCUT2D eigenvalue weighted by atomic mass is 79.9. The first-order valence-electron chi connectivity index (χ1n) is 6.44. The normalized spacial score (nSPS) is 23.2. The van der Waals surface area contributed by atoms with Crippen LogP contribution in [-0.2, 0) is 9.53 Å². The highest BCUT2D eigenvalue weighted by molar-refractivity contribution is 9.10. The van der Waals surface area contributed by atoms with Crippen LogP contribution in [0.25, 0.3) is 0 Å². The van der Waals surface area contributed by atoms with Crippen molar-refractivity contribution in [3.05, 3.63) is 9.98 Å². The molecular weight excluding hydrogens is 373 g/mol. The van der Waals surface area contributed by atoms with E-state index in [9.17, 15) is 18.0 Å². The summed E-state index contributed by atoms with van der Waals surface area (Å²) < 4.78 is 45.2. The van der Waals surface area contributed by atoms with Gasteiger partial charge >= 0.3 is 12.1 Å². The van der Waals surface area contributed by atoms with Gasteiger partial charge in [0.15, 0.2) is 5.13 Å².